The van der Waals surface area contributed by atoms with Gasteiger partial charge >= 0.3 is 8.60 Å². The van der Waals surface area contributed by atoms with E-state index in [9.17, 15) is 0 Å². The van der Waals surface area contributed by atoms with E-state index in [1.165, 1.54) is 0 Å². The molecule has 1 heterocycles. The predicted octanol–water partition coefficient (Wildman–Crippen LogP) is 0.207. The third-order valence-electron chi connectivity index (χ3n) is 0.326. The van der Waals surface area contributed by atoms with Crippen LogP contribution in [0.1, 0.15) is 0 Å². The second-order valence-electron chi connectivity index (χ2n) is 0.614. The Kier molecular flexibility index (Phi) is 3.57. The van der Waals surface area contributed by atoms with E-state index in [0.29, 0.717) is 0 Å². The molecule has 0 saturated carbocycles. The average molecular weight is 278 g/mol. The zero-order valence-corrected chi connectivity index (χ0v) is 6.65. The third kappa shape index (κ3) is 1.63. The molecule has 1 rings (SSSR count). The summed E-state index contributed by atoms with van der Waals surface area (Å²) in [7, 11) is -1.42. The van der Waals surface area contributed by atoms with Gasteiger partial charge in [-0.1, -0.05) is 0 Å². The first-order valence-corrected chi connectivity index (χ1v) is 2.27. The van der Waals surface area contributed by atoms with E-state index in [4.69, 9.17) is 4.89 Å². The van der Waals surface area contributed by atoms with Crippen LogP contribution < -0.4 is 0 Å². The number of rotatable bonds is 0. The number of hydrogen-bond acceptors (Lipinski definition) is 3. The second kappa shape index (κ2) is 3.06. The van der Waals surface area contributed by atoms with Gasteiger partial charge in [0.2, 0.25) is 0 Å². The van der Waals surface area contributed by atoms with Gasteiger partial charge in [0.15, 0.2) is 6.79 Å². The fourth-order valence-corrected chi connectivity index (χ4v) is 0.300. The van der Waals surface area contributed by atoms with Gasteiger partial charge < -0.3 is 4.89 Å². The maximum absolute atomic E-state index is 8.07. The Morgan fingerprint density at radius 1 is 1.50 bits per heavy atom. The summed E-state index contributed by atoms with van der Waals surface area (Å²) in [6, 6.07) is 0. The molecule has 0 unspecified atom stereocenters. The molecule has 1 aliphatic rings. The third-order valence-corrected chi connectivity index (χ3v) is 0.979. The quantitative estimate of drug-likeness (QED) is 0.644. The molecule has 0 spiro atoms. The van der Waals surface area contributed by atoms with Gasteiger partial charge in [-0.15, -0.1) is 0 Å². The summed E-state index contributed by atoms with van der Waals surface area (Å²) in [5.74, 6) is 0. The normalized spacial score (nSPS) is 21.5. The van der Waals surface area contributed by atoms with E-state index in [-0.39, 0.29) is 27.9 Å². The first kappa shape index (κ1) is 7.00. The minimum absolute atomic E-state index is 0. The fraction of sp³-hybridized carbons (Fsp3) is 1.00. The van der Waals surface area contributed by atoms with Crippen molar-refractivity contribution in [2.45, 2.75) is 0 Å². The van der Waals surface area contributed by atoms with Crippen molar-refractivity contribution < 1.29 is 35.0 Å². The van der Waals surface area contributed by atoms with E-state index < -0.39 is 8.60 Å². The molecule has 36 valence electrons. The smallest absolute Gasteiger partial charge is 0.328 e. The molecule has 3 nitrogen and oxygen atoms in total. The Balaban J connectivity index is 0.000000250. The van der Waals surface area contributed by atoms with Crippen LogP contribution in [0.15, 0.2) is 0 Å². The van der Waals surface area contributed by atoms with Gasteiger partial charge in [0.1, 0.15) is 0 Å². The molecule has 0 aromatic carbocycles. The molecule has 0 bridgehead atoms. The van der Waals surface area contributed by atoms with Crippen LogP contribution in [0.4, 0.5) is 0 Å². The summed E-state index contributed by atoms with van der Waals surface area (Å²) in [6.07, 6.45) is 0. The number of hydrogen-bond donors (Lipinski definition) is 1. The minimum atomic E-state index is -1.42. The largest absolute Gasteiger partial charge is 0.334 e. The Morgan fingerprint density at radius 3 is 1.83 bits per heavy atom. The molecule has 0 aromatic rings. The predicted molar refractivity (Wildman–Crippen MR) is 16.2 cm³/mol. The van der Waals surface area contributed by atoms with Crippen molar-refractivity contribution in [2.75, 3.05) is 6.79 Å². The molecule has 1 fully saturated rings. The van der Waals surface area contributed by atoms with E-state index in [0.717, 1.165) is 0 Å². The molecule has 1 saturated heterocycles. The van der Waals surface area contributed by atoms with E-state index in [1.54, 1.807) is 0 Å². The van der Waals surface area contributed by atoms with Crippen molar-refractivity contribution in [3.05, 3.63) is 0 Å². The maximum atomic E-state index is 8.07. The minimum Gasteiger partial charge on any atom is -0.328 e. The van der Waals surface area contributed by atoms with Crippen LogP contribution in [0.2, 0.25) is 0 Å². The van der Waals surface area contributed by atoms with Crippen molar-refractivity contribution in [2.24, 2.45) is 0 Å². The van der Waals surface area contributed by atoms with Crippen LogP contribution in [0.3, 0.4) is 0 Å². The molecule has 0 amide bonds. The summed E-state index contributed by atoms with van der Waals surface area (Å²) in [6.45, 7) is 0.266. The van der Waals surface area contributed by atoms with Crippen LogP contribution in [0.25, 0.3) is 0 Å². The van der Waals surface area contributed by atoms with Crippen molar-refractivity contribution in [1.82, 2.24) is 0 Å². The van der Waals surface area contributed by atoms with Gasteiger partial charge in [0.25, 0.3) is 0 Å². The molecule has 5 heteroatoms. The topological polar surface area (TPSA) is 38.7 Å². The standard InChI is InChI=1S/CH3O3P.W/c2-5-3-1-4-5;/h2H,1H2;. The zero-order valence-electron chi connectivity index (χ0n) is 2.83. The Hall–Kier alpha value is 0.998. The molecule has 0 atom stereocenters. The maximum Gasteiger partial charge on any atom is 0.334 e. The first-order chi connectivity index (χ1) is 2.39. The SMILES string of the molecule is OP1OCO1.[W]. The van der Waals surface area contributed by atoms with Gasteiger partial charge in [-0.3, -0.25) is 9.05 Å². The van der Waals surface area contributed by atoms with E-state index >= 15 is 0 Å². The molecular weight excluding hydrogens is 275 g/mol. The average Bonchev–Trinajstić information content (AvgIpc) is 1.30. The molecule has 1 aliphatic heterocycles. The monoisotopic (exact) mass is 278 g/mol. The van der Waals surface area contributed by atoms with Gasteiger partial charge in [-0.05, 0) is 0 Å². The summed E-state index contributed by atoms with van der Waals surface area (Å²) >= 11 is 0. The second-order valence-corrected chi connectivity index (χ2v) is 1.61. The summed E-state index contributed by atoms with van der Waals surface area (Å²) in [5, 5.41) is 0. The van der Waals surface area contributed by atoms with Crippen LogP contribution in [-0.2, 0) is 30.1 Å². The van der Waals surface area contributed by atoms with Crippen molar-refractivity contribution >= 4 is 8.60 Å². The Bertz CT molecular complexity index is 37.8. The van der Waals surface area contributed by atoms with Gasteiger partial charge in [-0.25, -0.2) is 0 Å². The molecule has 0 aromatic heterocycles. The molecule has 0 radical (unpaired) electrons. The Labute approximate surface area is 50.9 Å². The molecule has 1 N–H and O–H groups in total. The zero-order chi connectivity index (χ0) is 3.70. The van der Waals surface area contributed by atoms with E-state index in [1.807, 2.05) is 0 Å². The van der Waals surface area contributed by atoms with Gasteiger partial charge in [-0.2, -0.15) is 0 Å². The van der Waals surface area contributed by atoms with Crippen LogP contribution in [0.5, 0.6) is 0 Å². The first-order valence-electron chi connectivity index (χ1n) is 1.14. The Morgan fingerprint density at radius 2 is 1.83 bits per heavy atom. The van der Waals surface area contributed by atoms with Crippen molar-refractivity contribution in [1.29, 1.82) is 0 Å². The summed E-state index contributed by atoms with van der Waals surface area (Å²) < 4.78 is 8.66. The molecule has 6 heavy (non-hydrogen) atoms. The summed E-state index contributed by atoms with van der Waals surface area (Å²) in [5.41, 5.74) is 0. The summed E-state index contributed by atoms with van der Waals surface area (Å²) in [4.78, 5) is 8.07. The molecular formula is CH3O3PW. The van der Waals surface area contributed by atoms with Gasteiger partial charge in [0, 0.05) is 21.1 Å². The van der Waals surface area contributed by atoms with Crippen molar-refractivity contribution in [3.8, 4) is 0 Å². The van der Waals surface area contributed by atoms with Crippen LogP contribution in [-0.4, -0.2) is 11.7 Å². The van der Waals surface area contributed by atoms with Crippen LogP contribution >= 0.6 is 8.60 Å². The van der Waals surface area contributed by atoms with Crippen LogP contribution in [0, 0.1) is 0 Å². The van der Waals surface area contributed by atoms with E-state index in [2.05, 4.69) is 9.05 Å². The van der Waals surface area contributed by atoms with Crippen molar-refractivity contribution in [3.63, 3.8) is 0 Å². The molecule has 0 aliphatic carbocycles. The van der Waals surface area contributed by atoms with Gasteiger partial charge in [0.05, 0.1) is 0 Å². The fourth-order valence-electron chi connectivity index (χ4n) is 0.0998.